The smallest absolute Gasteiger partial charge is 0.222 e. The van der Waals surface area contributed by atoms with Gasteiger partial charge in [-0.05, 0) is 14.0 Å². The van der Waals surface area contributed by atoms with E-state index >= 15 is 0 Å². The molecule has 0 unspecified atom stereocenters. The predicted octanol–water partition coefficient (Wildman–Crippen LogP) is 0.787. The highest BCUT2D eigenvalue weighted by molar-refractivity contribution is 6.33. The fourth-order valence-electron chi connectivity index (χ4n) is 3.09. The van der Waals surface area contributed by atoms with Crippen molar-refractivity contribution in [3.63, 3.8) is 0 Å². The Labute approximate surface area is 123 Å². The van der Waals surface area contributed by atoms with E-state index in [2.05, 4.69) is 26.8 Å². The summed E-state index contributed by atoms with van der Waals surface area (Å²) in [6.45, 7) is 6.20. The lowest BCUT2D eigenvalue weighted by molar-refractivity contribution is 0.0725. The van der Waals surface area contributed by atoms with E-state index in [1.54, 1.807) is 0 Å². The van der Waals surface area contributed by atoms with Crippen molar-refractivity contribution in [3.8, 4) is 0 Å². The molecular weight excluding hydrogens is 278 g/mol. The number of likely N-dealkylation sites (N-methyl/N-ethyl adjacent to an activating group) is 1. The molecule has 3 rings (SSSR count). The number of anilines is 2. The van der Waals surface area contributed by atoms with Crippen LogP contribution in [0.15, 0.2) is 0 Å². The summed E-state index contributed by atoms with van der Waals surface area (Å²) < 4.78 is 5.78. The molecule has 1 aromatic heterocycles. The van der Waals surface area contributed by atoms with Gasteiger partial charge in [-0.2, -0.15) is 4.98 Å². The van der Waals surface area contributed by atoms with Gasteiger partial charge < -0.3 is 20.3 Å². The Balaban J connectivity index is 2.00. The van der Waals surface area contributed by atoms with Crippen LogP contribution in [0.3, 0.4) is 0 Å². The number of ether oxygens (including phenoxy) is 1. The van der Waals surface area contributed by atoms with Crippen molar-refractivity contribution in [2.75, 3.05) is 50.5 Å². The Morgan fingerprint density at radius 3 is 2.85 bits per heavy atom. The highest BCUT2D eigenvalue weighted by atomic mass is 35.5. The number of hydrogen-bond acceptors (Lipinski definition) is 6. The van der Waals surface area contributed by atoms with Crippen LogP contribution in [-0.2, 0) is 4.74 Å². The van der Waals surface area contributed by atoms with Gasteiger partial charge in [0, 0.05) is 25.6 Å². The Morgan fingerprint density at radius 2 is 2.05 bits per heavy atom. The second kappa shape index (κ2) is 5.35. The monoisotopic (exact) mass is 297 g/mol. The zero-order chi connectivity index (χ0) is 14.3. The van der Waals surface area contributed by atoms with Crippen LogP contribution < -0.4 is 10.6 Å². The van der Waals surface area contributed by atoms with Crippen molar-refractivity contribution in [1.29, 1.82) is 0 Å². The standard InChI is InChI=1S/C13H20ClN5O/c1-8-11(14)12(17-13(15)16-8)19-4-9-3-18(2)5-10(19)7-20-6-9/h9-10H,3-7H2,1-2H3,(H2,15,16,17)/t9-,10-/m0/s1. The molecule has 2 N–H and O–H groups in total. The maximum absolute atomic E-state index is 6.40. The number of rotatable bonds is 1. The van der Waals surface area contributed by atoms with Gasteiger partial charge in [-0.15, -0.1) is 0 Å². The highest BCUT2D eigenvalue weighted by Gasteiger charge is 2.34. The third-order valence-corrected chi connectivity index (χ3v) is 4.38. The quantitative estimate of drug-likeness (QED) is 0.826. The van der Waals surface area contributed by atoms with E-state index < -0.39 is 0 Å². The summed E-state index contributed by atoms with van der Waals surface area (Å²) in [4.78, 5) is 13.1. The first-order valence-corrected chi connectivity index (χ1v) is 7.25. The van der Waals surface area contributed by atoms with Gasteiger partial charge >= 0.3 is 0 Å². The Kier molecular flexibility index (Phi) is 3.70. The van der Waals surface area contributed by atoms with E-state index in [0.29, 0.717) is 17.5 Å². The van der Waals surface area contributed by atoms with Crippen LogP contribution in [0.25, 0.3) is 0 Å². The maximum Gasteiger partial charge on any atom is 0.222 e. The van der Waals surface area contributed by atoms with Crippen molar-refractivity contribution in [2.24, 2.45) is 5.92 Å². The summed E-state index contributed by atoms with van der Waals surface area (Å²) in [5.74, 6) is 1.47. The Hall–Kier alpha value is -1.11. The fraction of sp³-hybridized carbons (Fsp3) is 0.692. The van der Waals surface area contributed by atoms with Gasteiger partial charge in [-0.1, -0.05) is 11.6 Å². The van der Waals surface area contributed by atoms with E-state index in [1.807, 2.05) is 6.92 Å². The molecule has 7 heteroatoms. The van der Waals surface area contributed by atoms with Gasteiger partial charge in [0.15, 0.2) is 5.82 Å². The summed E-state index contributed by atoms with van der Waals surface area (Å²) in [6, 6.07) is 0.249. The summed E-state index contributed by atoms with van der Waals surface area (Å²) in [5.41, 5.74) is 6.51. The second-order valence-electron chi connectivity index (χ2n) is 5.74. The van der Waals surface area contributed by atoms with Gasteiger partial charge in [-0.25, -0.2) is 4.98 Å². The lowest BCUT2D eigenvalue weighted by atomic mass is 10.1. The average molecular weight is 298 g/mol. The van der Waals surface area contributed by atoms with Gasteiger partial charge in [0.05, 0.1) is 24.9 Å². The molecular formula is C13H20ClN5O. The van der Waals surface area contributed by atoms with Crippen LogP contribution in [-0.4, -0.2) is 60.8 Å². The minimum atomic E-state index is 0.249. The fourth-order valence-corrected chi connectivity index (χ4v) is 3.29. The minimum absolute atomic E-state index is 0.249. The first-order valence-electron chi connectivity index (χ1n) is 6.87. The normalized spacial score (nSPS) is 27.4. The second-order valence-corrected chi connectivity index (χ2v) is 6.11. The molecule has 20 heavy (non-hydrogen) atoms. The number of nitrogens with zero attached hydrogens (tertiary/aromatic N) is 4. The predicted molar refractivity (Wildman–Crippen MR) is 79.1 cm³/mol. The zero-order valence-corrected chi connectivity index (χ0v) is 12.6. The van der Waals surface area contributed by atoms with E-state index in [4.69, 9.17) is 22.1 Å². The number of hydrogen-bond donors (Lipinski definition) is 1. The molecule has 2 aliphatic rings. The molecule has 3 heterocycles. The SMILES string of the molecule is Cc1nc(N)nc(N2C[C@H]3COC[C@@H]2CN(C)C3)c1Cl. The molecule has 2 fully saturated rings. The zero-order valence-electron chi connectivity index (χ0n) is 11.8. The van der Waals surface area contributed by atoms with E-state index in [0.717, 1.165) is 37.8 Å². The number of nitrogen functional groups attached to an aromatic ring is 1. The highest BCUT2D eigenvalue weighted by Crippen LogP contribution is 2.31. The topological polar surface area (TPSA) is 67.5 Å². The molecule has 2 bridgehead atoms. The third kappa shape index (κ3) is 2.55. The average Bonchev–Trinajstić information content (AvgIpc) is 2.63. The lowest BCUT2D eigenvalue weighted by Gasteiger charge is -2.31. The molecule has 0 saturated carbocycles. The molecule has 2 aliphatic heterocycles. The largest absolute Gasteiger partial charge is 0.379 e. The lowest BCUT2D eigenvalue weighted by Crippen LogP contribution is -2.43. The van der Waals surface area contributed by atoms with Gasteiger partial charge in [0.25, 0.3) is 0 Å². The minimum Gasteiger partial charge on any atom is -0.379 e. The molecule has 2 saturated heterocycles. The molecule has 2 atom stereocenters. The summed E-state index contributed by atoms with van der Waals surface area (Å²) >= 11 is 6.40. The number of aryl methyl sites for hydroxylation is 1. The molecule has 0 spiro atoms. The van der Waals surface area contributed by atoms with Crippen molar-refractivity contribution < 1.29 is 4.74 Å². The van der Waals surface area contributed by atoms with Gasteiger partial charge in [0.2, 0.25) is 5.95 Å². The first-order chi connectivity index (χ1) is 9.54. The van der Waals surface area contributed by atoms with Crippen LogP contribution >= 0.6 is 11.6 Å². The Bertz CT molecular complexity index is 512. The number of fused-ring (bicyclic) bond motifs is 3. The number of aromatic nitrogens is 2. The van der Waals surface area contributed by atoms with E-state index in [9.17, 15) is 0 Å². The van der Waals surface area contributed by atoms with Crippen LogP contribution in [0.5, 0.6) is 0 Å². The van der Waals surface area contributed by atoms with Gasteiger partial charge in [-0.3, -0.25) is 0 Å². The van der Waals surface area contributed by atoms with Crippen LogP contribution in [0.1, 0.15) is 5.69 Å². The molecule has 110 valence electrons. The molecule has 0 amide bonds. The van der Waals surface area contributed by atoms with Gasteiger partial charge in [0.1, 0.15) is 5.02 Å². The number of halogens is 1. The van der Waals surface area contributed by atoms with Crippen molar-refractivity contribution >= 4 is 23.4 Å². The first kappa shape index (κ1) is 13.9. The molecule has 6 nitrogen and oxygen atoms in total. The van der Waals surface area contributed by atoms with Crippen LogP contribution in [0.4, 0.5) is 11.8 Å². The molecule has 0 aromatic carbocycles. The van der Waals surface area contributed by atoms with Crippen molar-refractivity contribution in [2.45, 2.75) is 13.0 Å². The summed E-state index contributed by atoms with van der Waals surface area (Å²) in [5, 5.41) is 0.592. The number of nitrogens with two attached hydrogens (primary N) is 1. The molecule has 1 aromatic rings. The summed E-state index contributed by atoms with van der Waals surface area (Å²) in [7, 11) is 2.15. The summed E-state index contributed by atoms with van der Waals surface area (Å²) in [6.07, 6.45) is 0. The maximum atomic E-state index is 6.40. The van der Waals surface area contributed by atoms with E-state index in [1.165, 1.54) is 0 Å². The van der Waals surface area contributed by atoms with Crippen molar-refractivity contribution in [3.05, 3.63) is 10.7 Å². The van der Waals surface area contributed by atoms with E-state index in [-0.39, 0.29) is 12.0 Å². The van der Waals surface area contributed by atoms with Crippen molar-refractivity contribution in [1.82, 2.24) is 14.9 Å². The molecule has 0 radical (unpaired) electrons. The third-order valence-electron chi connectivity index (χ3n) is 3.94. The Morgan fingerprint density at radius 1 is 1.25 bits per heavy atom. The van der Waals surface area contributed by atoms with Crippen LogP contribution in [0.2, 0.25) is 5.02 Å². The van der Waals surface area contributed by atoms with Crippen LogP contribution in [0, 0.1) is 12.8 Å². The molecule has 0 aliphatic carbocycles.